The van der Waals surface area contributed by atoms with Gasteiger partial charge in [0.2, 0.25) is 5.76 Å². The van der Waals surface area contributed by atoms with Gasteiger partial charge in [-0.05, 0) is 42.0 Å². The second-order valence-corrected chi connectivity index (χ2v) is 4.11. The van der Waals surface area contributed by atoms with Crippen LogP contribution in [0.1, 0.15) is 16.1 Å². The Morgan fingerprint density at radius 2 is 2.25 bits per heavy atom. The molecule has 0 radical (unpaired) electrons. The van der Waals surface area contributed by atoms with Crippen LogP contribution in [-0.2, 0) is 0 Å². The number of nitrogens with zero attached hydrogens (tertiary/aromatic N) is 1. The van der Waals surface area contributed by atoms with Crippen LogP contribution in [0.15, 0.2) is 52.2 Å². The summed E-state index contributed by atoms with van der Waals surface area (Å²) in [5.41, 5.74) is 8.39. The topological polar surface area (TPSA) is 89.9 Å². The first-order chi connectivity index (χ1) is 9.65. The predicted molar refractivity (Wildman–Crippen MR) is 77.6 cm³/mol. The van der Waals surface area contributed by atoms with E-state index in [-0.39, 0.29) is 10.9 Å². The highest BCUT2D eigenvalue weighted by Gasteiger charge is 2.11. The summed E-state index contributed by atoms with van der Waals surface area (Å²) in [6.07, 6.45) is 2.91. The van der Waals surface area contributed by atoms with Crippen molar-refractivity contribution in [2.75, 3.05) is 0 Å². The number of nitrogens with two attached hydrogens (primary N) is 1. The first-order valence-corrected chi connectivity index (χ1v) is 6.00. The van der Waals surface area contributed by atoms with Crippen LogP contribution in [0.5, 0.6) is 5.75 Å². The zero-order valence-electron chi connectivity index (χ0n) is 10.3. The van der Waals surface area contributed by atoms with Crippen molar-refractivity contribution in [3.63, 3.8) is 0 Å². The Morgan fingerprint density at radius 1 is 1.40 bits per heavy atom. The van der Waals surface area contributed by atoms with Gasteiger partial charge in [0.05, 0.1) is 12.5 Å². The molecule has 0 atom stereocenters. The van der Waals surface area contributed by atoms with Gasteiger partial charge in [-0.15, -0.1) is 0 Å². The van der Waals surface area contributed by atoms with Crippen LogP contribution in [0, 0.1) is 0 Å². The lowest BCUT2D eigenvalue weighted by Crippen LogP contribution is -2.23. The second kappa shape index (κ2) is 6.48. The lowest BCUT2D eigenvalue weighted by molar-refractivity contribution is 0.0701. The molecule has 0 saturated heterocycles. The molecule has 1 heterocycles. The summed E-state index contributed by atoms with van der Waals surface area (Å²) in [7, 11) is 0. The van der Waals surface area contributed by atoms with Crippen molar-refractivity contribution in [3.05, 3.63) is 54.0 Å². The van der Waals surface area contributed by atoms with Crippen molar-refractivity contribution in [2.24, 2.45) is 10.8 Å². The molecule has 3 N–H and O–H groups in total. The van der Waals surface area contributed by atoms with E-state index in [1.165, 1.54) is 18.5 Å². The average molecular weight is 289 g/mol. The Hall–Kier alpha value is -2.67. The molecule has 0 amide bonds. The van der Waals surface area contributed by atoms with Gasteiger partial charge in [-0.2, -0.15) is 5.10 Å². The summed E-state index contributed by atoms with van der Waals surface area (Å²) in [6, 6.07) is 9.95. The Balaban J connectivity index is 2.04. The van der Waals surface area contributed by atoms with Crippen LogP contribution in [0.25, 0.3) is 0 Å². The number of hydrogen-bond acceptors (Lipinski definition) is 5. The maximum Gasteiger partial charge on any atom is 0.379 e. The molecule has 2 rings (SSSR count). The normalized spacial score (nSPS) is 10.4. The summed E-state index contributed by atoms with van der Waals surface area (Å²) in [4.78, 5) is 11.7. The highest BCUT2D eigenvalue weighted by atomic mass is 32.1. The first-order valence-electron chi connectivity index (χ1n) is 5.59. The molecular formula is C13H11N3O3S. The predicted octanol–water partition coefficient (Wildman–Crippen LogP) is 1.67. The smallest absolute Gasteiger partial charge is 0.379 e. The molecule has 0 bridgehead atoms. The Morgan fingerprint density at radius 3 is 2.95 bits per heavy atom. The van der Waals surface area contributed by atoms with E-state index in [1.807, 2.05) is 0 Å². The van der Waals surface area contributed by atoms with Gasteiger partial charge < -0.3 is 14.9 Å². The maximum absolute atomic E-state index is 11.7. The molecule has 0 saturated carbocycles. The van der Waals surface area contributed by atoms with Gasteiger partial charge >= 0.3 is 5.97 Å². The van der Waals surface area contributed by atoms with Crippen molar-refractivity contribution in [1.29, 1.82) is 0 Å². The van der Waals surface area contributed by atoms with Crippen molar-refractivity contribution in [1.82, 2.24) is 5.43 Å². The second-order valence-electron chi connectivity index (χ2n) is 3.67. The third kappa shape index (κ3) is 3.92. The zero-order chi connectivity index (χ0) is 14.4. The zero-order valence-corrected chi connectivity index (χ0v) is 11.1. The van der Waals surface area contributed by atoms with Crippen molar-refractivity contribution in [3.8, 4) is 5.75 Å². The number of rotatable bonds is 4. The fraction of sp³-hybridized carbons (Fsp3) is 0. The molecule has 6 nitrogen and oxygen atoms in total. The van der Waals surface area contributed by atoms with Crippen LogP contribution in [-0.4, -0.2) is 17.3 Å². The first kappa shape index (κ1) is 13.8. The van der Waals surface area contributed by atoms with E-state index < -0.39 is 5.97 Å². The number of ether oxygens (including phenoxy) is 1. The third-order valence-electron chi connectivity index (χ3n) is 2.18. The summed E-state index contributed by atoms with van der Waals surface area (Å²) < 4.78 is 10.1. The van der Waals surface area contributed by atoms with Crippen LogP contribution in [0.3, 0.4) is 0 Å². The van der Waals surface area contributed by atoms with Gasteiger partial charge in [0.15, 0.2) is 5.11 Å². The molecule has 1 aromatic heterocycles. The monoisotopic (exact) mass is 289 g/mol. The molecule has 1 aromatic carbocycles. The number of hydrogen-bond donors (Lipinski definition) is 2. The summed E-state index contributed by atoms with van der Waals surface area (Å²) in [5, 5.41) is 3.88. The molecule has 102 valence electrons. The lowest BCUT2D eigenvalue weighted by atomic mass is 10.2. The SMILES string of the molecule is NC(=S)NN=Cc1cccc(OC(=O)c2ccco2)c1. The Kier molecular flexibility index (Phi) is 4.46. The molecule has 7 heteroatoms. The minimum Gasteiger partial charge on any atom is -0.457 e. The Bertz CT molecular complexity index is 638. The largest absolute Gasteiger partial charge is 0.457 e. The van der Waals surface area contributed by atoms with Gasteiger partial charge in [0.25, 0.3) is 0 Å². The minimum absolute atomic E-state index is 0.0710. The average Bonchev–Trinajstić information content (AvgIpc) is 2.92. The van der Waals surface area contributed by atoms with Gasteiger partial charge in [-0.1, -0.05) is 12.1 Å². The number of carbonyl (C=O) groups is 1. The number of furan rings is 1. The highest BCUT2D eigenvalue weighted by Crippen LogP contribution is 2.14. The van der Waals surface area contributed by atoms with E-state index in [9.17, 15) is 4.79 Å². The number of esters is 1. The van der Waals surface area contributed by atoms with Gasteiger partial charge in [-0.25, -0.2) is 4.79 Å². The van der Waals surface area contributed by atoms with E-state index >= 15 is 0 Å². The summed E-state index contributed by atoms with van der Waals surface area (Å²) >= 11 is 4.61. The number of carbonyl (C=O) groups excluding carboxylic acids is 1. The van der Waals surface area contributed by atoms with Crippen molar-refractivity contribution < 1.29 is 13.9 Å². The van der Waals surface area contributed by atoms with Gasteiger partial charge in [-0.3, -0.25) is 5.43 Å². The highest BCUT2D eigenvalue weighted by molar-refractivity contribution is 7.80. The van der Waals surface area contributed by atoms with E-state index in [1.54, 1.807) is 30.3 Å². The quantitative estimate of drug-likeness (QED) is 0.292. The van der Waals surface area contributed by atoms with Crippen LogP contribution >= 0.6 is 12.2 Å². The molecular weight excluding hydrogens is 278 g/mol. The summed E-state index contributed by atoms with van der Waals surface area (Å²) in [5.74, 6) is -0.0461. The molecule has 0 spiro atoms. The summed E-state index contributed by atoms with van der Waals surface area (Å²) in [6.45, 7) is 0. The number of thiocarbonyl (C=S) groups is 1. The van der Waals surface area contributed by atoms with Crippen LogP contribution in [0.2, 0.25) is 0 Å². The number of nitrogens with one attached hydrogen (secondary N) is 1. The van der Waals surface area contributed by atoms with E-state index in [4.69, 9.17) is 14.9 Å². The number of benzene rings is 1. The number of hydrazone groups is 1. The maximum atomic E-state index is 11.7. The van der Waals surface area contributed by atoms with Crippen molar-refractivity contribution >= 4 is 29.5 Å². The van der Waals surface area contributed by atoms with Gasteiger partial charge in [0, 0.05) is 0 Å². The standard InChI is InChI=1S/C13H11N3O3S/c14-13(20)16-15-8-9-3-1-4-10(7-9)19-12(17)11-5-2-6-18-11/h1-8H,(H3,14,16,20). The van der Waals surface area contributed by atoms with E-state index in [0.29, 0.717) is 5.75 Å². The lowest BCUT2D eigenvalue weighted by Gasteiger charge is -2.03. The molecule has 0 aliphatic heterocycles. The third-order valence-corrected chi connectivity index (χ3v) is 2.27. The molecule has 0 unspecified atom stereocenters. The van der Waals surface area contributed by atoms with Crippen molar-refractivity contribution in [2.45, 2.75) is 0 Å². The Labute approximate surface area is 120 Å². The van der Waals surface area contributed by atoms with E-state index in [0.717, 1.165) is 5.56 Å². The fourth-order valence-corrected chi connectivity index (χ4v) is 1.43. The molecule has 0 aliphatic rings. The molecule has 0 aliphatic carbocycles. The van der Waals surface area contributed by atoms with Gasteiger partial charge in [0.1, 0.15) is 5.75 Å². The fourth-order valence-electron chi connectivity index (χ4n) is 1.38. The van der Waals surface area contributed by atoms with Crippen LogP contribution in [0.4, 0.5) is 0 Å². The minimum atomic E-state index is -0.564. The van der Waals surface area contributed by atoms with Crippen LogP contribution < -0.4 is 15.9 Å². The molecule has 0 fully saturated rings. The molecule has 20 heavy (non-hydrogen) atoms. The molecule has 2 aromatic rings. The van der Waals surface area contributed by atoms with E-state index in [2.05, 4.69) is 22.7 Å².